The molecule has 0 fully saturated rings. The van der Waals surface area contributed by atoms with Crippen molar-refractivity contribution in [1.82, 2.24) is 0 Å². The fourth-order valence-electron chi connectivity index (χ4n) is 1.71. The van der Waals surface area contributed by atoms with E-state index in [-0.39, 0.29) is 5.78 Å². The molecule has 1 aromatic carbocycles. The predicted octanol–water partition coefficient (Wildman–Crippen LogP) is 2.63. The van der Waals surface area contributed by atoms with E-state index in [0.29, 0.717) is 12.0 Å². The fourth-order valence-corrected chi connectivity index (χ4v) is 1.71. The summed E-state index contributed by atoms with van der Waals surface area (Å²) in [6.45, 7) is 3.86. The summed E-state index contributed by atoms with van der Waals surface area (Å²) in [5.74, 6) is -1.31. The number of aryl methyl sites for hydroxylation is 1. The van der Waals surface area contributed by atoms with Crippen molar-refractivity contribution in [3.63, 3.8) is 0 Å². The second-order valence-electron chi connectivity index (χ2n) is 3.90. The molecule has 1 atom stereocenters. The summed E-state index contributed by atoms with van der Waals surface area (Å²) in [4.78, 5) is 23.5. The van der Waals surface area contributed by atoms with Gasteiger partial charge in [-0.2, -0.15) is 0 Å². The van der Waals surface area contributed by atoms with Crippen LogP contribution in [0.4, 0.5) is 0 Å². The Morgan fingerprint density at radius 2 is 1.76 bits per heavy atom. The lowest BCUT2D eigenvalue weighted by Crippen LogP contribution is -2.24. The zero-order chi connectivity index (χ0) is 12.8. The normalized spacial score (nSPS) is 11.9. The van der Waals surface area contributed by atoms with Crippen LogP contribution >= 0.6 is 0 Å². The van der Waals surface area contributed by atoms with Crippen LogP contribution in [0.25, 0.3) is 0 Å². The van der Waals surface area contributed by atoms with E-state index >= 15 is 0 Å². The first-order chi connectivity index (χ1) is 8.13. The van der Waals surface area contributed by atoms with E-state index in [1.54, 1.807) is 19.1 Å². The Labute approximate surface area is 102 Å². The monoisotopic (exact) mass is 234 g/mol. The topological polar surface area (TPSA) is 43.4 Å². The van der Waals surface area contributed by atoms with Crippen molar-refractivity contribution in [1.29, 1.82) is 0 Å². The van der Waals surface area contributed by atoms with E-state index < -0.39 is 11.9 Å². The molecule has 3 nitrogen and oxygen atoms in total. The van der Waals surface area contributed by atoms with Crippen LogP contribution in [0.3, 0.4) is 0 Å². The number of carbonyl (C=O) groups is 2. The van der Waals surface area contributed by atoms with E-state index in [1.807, 2.05) is 12.1 Å². The molecular weight excluding hydrogens is 216 g/mol. The highest BCUT2D eigenvalue weighted by Gasteiger charge is 2.26. The quantitative estimate of drug-likeness (QED) is 0.447. The molecule has 0 amide bonds. The highest BCUT2D eigenvalue weighted by Crippen LogP contribution is 2.15. The van der Waals surface area contributed by atoms with Gasteiger partial charge < -0.3 is 4.74 Å². The minimum atomic E-state index is -0.688. The smallest absolute Gasteiger partial charge is 0.316 e. The largest absolute Gasteiger partial charge is 0.468 e. The molecule has 0 spiro atoms. The Morgan fingerprint density at radius 1 is 1.18 bits per heavy atom. The van der Waals surface area contributed by atoms with Gasteiger partial charge in [0, 0.05) is 5.56 Å². The van der Waals surface area contributed by atoms with Crippen LogP contribution < -0.4 is 0 Å². The van der Waals surface area contributed by atoms with Gasteiger partial charge in [0.1, 0.15) is 5.92 Å². The van der Waals surface area contributed by atoms with E-state index in [1.165, 1.54) is 12.7 Å². The molecule has 17 heavy (non-hydrogen) atoms. The second kappa shape index (κ2) is 6.18. The molecule has 0 aliphatic rings. The number of hydrogen-bond donors (Lipinski definition) is 0. The second-order valence-corrected chi connectivity index (χ2v) is 3.90. The lowest BCUT2D eigenvalue weighted by molar-refractivity contribution is -0.143. The van der Waals surface area contributed by atoms with Crippen LogP contribution in [-0.4, -0.2) is 18.9 Å². The molecule has 92 valence electrons. The molecule has 0 saturated carbocycles. The Balaban J connectivity index is 2.90. The molecule has 3 heteroatoms. The molecule has 0 aromatic heterocycles. The molecule has 0 radical (unpaired) electrons. The molecule has 0 saturated heterocycles. The molecule has 0 bridgehead atoms. The Morgan fingerprint density at radius 3 is 2.18 bits per heavy atom. The molecule has 0 N–H and O–H groups in total. The SMILES string of the molecule is CCc1ccc(C(=O)C(CC)C(=O)OC)cc1. The Bertz CT molecular complexity index is 392. The van der Waals surface area contributed by atoms with Gasteiger partial charge in [-0.3, -0.25) is 9.59 Å². The average molecular weight is 234 g/mol. The van der Waals surface area contributed by atoms with E-state index in [4.69, 9.17) is 0 Å². The maximum atomic E-state index is 12.1. The number of benzene rings is 1. The minimum absolute atomic E-state index is 0.165. The van der Waals surface area contributed by atoms with Gasteiger partial charge in [0.15, 0.2) is 5.78 Å². The summed E-state index contributed by atoms with van der Waals surface area (Å²) in [6.07, 6.45) is 1.39. The number of Topliss-reactive ketones (excluding diaryl/α,β-unsaturated/α-hetero) is 1. The molecule has 1 rings (SSSR count). The van der Waals surface area contributed by atoms with Crippen molar-refractivity contribution in [2.24, 2.45) is 5.92 Å². The van der Waals surface area contributed by atoms with E-state index in [9.17, 15) is 9.59 Å². The molecular formula is C14H18O3. The van der Waals surface area contributed by atoms with Crippen LogP contribution in [0.15, 0.2) is 24.3 Å². The van der Waals surface area contributed by atoms with Crippen LogP contribution in [0.2, 0.25) is 0 Å². The molecule has 1 aromatic rings. The number of ether oxygens (including phenoxy) is 1. The van der Waals surface area contributed by atoms with Gasteiger partial charge in [0.2, 0.25) is 0 Å². The lowest BCUT2D eigenvalue weighted by Gasteiger charge is -2.11. The summed E-state index contributed by atoms with van der Waals surface area (Å²) >= 11 is 0. The fraction of sp³-hybridized carbons (Fsp3) is 0.429. The first kappa shape index (κ1) is 13.4. The maximum absolute atomic E-state index is 12.1. The predicted molar refractivity (Wildman–Crippen MR) is 65.9 cm³/mol. The summed E-state index contributed by atoms with van der Waals surface area (Å²) in [7, 11) is 1.30. The molecule has 0 aliphatic heterocycles. The number of rotatable bonds is 5. The Kier molecular flexibility index (Phi) is 4.88. The van der Waals surface area contributed by atoms with E-state index in [2.05, 4.69) is 11.7 Å². The van der Waals surface area contributed by atoms with E-state index in [0.717, 1.165) is 6.42 Å². The van der Waals surface area contributed by atoms with Crippen molar-refractivity contribution < 1.29 is 14.3 Å². The van der Waals surface area contributed by atoms with Gasteiger partial charge >= 0.3 is 5.97 Å². The van der Waals surface area contributed by atoms with Crippen molar-refractivity contribution >= 4 is 11.8 Å². The van der Waals surface area contributed by atoms with Crippen LogP contribution in [0, 0.1) is 5.92 Å². The lowest BCUT2D eigenvalue weighted by atomic mass is 9.94. The van der Waals surface area contributed by atoms with Crippen molar-refractivity contribution in [2.45, 2.75) is 26.7 Å². The van der Waals surface area contributed by atoms with Crippen LogP contribution in [0.1, 0.15) is 36.2 Å². The average Bonchev–Trinajstić information content (AvgIpc) is 2.39. The van der Waals surface area contributed by atoms with Gasteiger partial charge in [-0.1, -0.05) is 38.1 Å². The highest BCUT2D eigenvalue weighted by molar-refractivity contribution is 6.08. The van der Waals surface area contributed by atoms with Crippen LogP contribution in [-0.2, 0) is 16.0 Å². The molecule has 0 heterocycles. The third-order valence-electron chi connectivity index (χ3n) is 2.86. The number of methoxy groups -OCH3 is 1. The summed E-state index contributed by atoms with van der Waals surface area (Å²) in [5, 5.41) is 0. The number of hydrogen-bond acceptors (Lipinski definition) is 3. The molecule has 1 unspecified atom stereocenters. The van der Waals surface area contributed by atoms with Crippen molar-refractivity contribution in [2.75, 3.05) is 7.11 Å². The highest BCUT2D eigenvalue weighted by atomic mass is 16.5. The minimum Gasteiger partial charge on any atom is -0.468 e. The van der Waals surface area contributed by atoms with Gasteiger partial charge in [0.25, 0.3) is 0 Å². The maximum Gasteiger partial charge on any atom is 0.316 e. The third kappa shape index (κ3) is 3.16. The Hall–Kier alpha value is -1.64. The summed E-state index contributed by atoms with van der Waals surface area (Å²) in [6, 6.07) is 7.37. The number of carbonyl (C=O) groups excluding carboxylic acids is 2. The van der Waals surface area contributed by atoms with Gasteiger partial charge in [-0.05, 0) is 18.4 Å². The third-order valence-corrected chi connectivity index (χ3v) is 2.86. The summed E-state index contributed by atoms with van der Waals surface area (Å²) < 4.78 is 4.63. The zero-order valence-corrected chi connectivity index (χ0v) is 10.5. The van der Waals surface area contributed by atoms with Crippen LogP contribution in [0.5, 0.6) is 0 Å². The number of esters is 1. The van der Waals surface area contributed by atoms with Crippen molar-refractivity contribution in [3.05, 3.63) is 35.4 Å². The van der Waals surface area contributed by atoms with Gasteiger partial charge in [-0.15, -0.1) is 0 Å². The van der Waals surface area contributed by atoms with Gasteiger partial charge in [0.05, 0.1) is 7.11 Å². The zero-order valence-electron chi connectivity index (χ0n) is 10.5. The molecule has 0 aliphatic carbocycles. The number of ketones is 1. The first-order valence-electron chi connectivity index (χ1n) is 5.85. The van der Waals surface area contributed by atoms with Gasteiger partial charge in [-0.25, -0.2) is 0 Å². The standard InChI is InChI=1S/C14H18O3/c1-4-10-6-8-11(9-7-10)13(15)12(5-2)14(16)17-3/h6-9,12H,4-5H2,1-3H3. The summed E-state index contributed by atoms with van der Waals surface area (Å²) in [5.41, 5.74) is 1.74. The first-order valence-corrected chi connectivity index (χ1v) is 5.85. The van der Waals surface area contributed by atoms with Crippen molar-refractivity contribution in [3.8, 4) is 0 Å².